The van der Waals surface area contributed by atoms with E-state index in [-0.39, 0.29) is 11.9 Å². The summed E-state index contributed by atoms with van der Waals surface area (Å²) in [6, 6.07) is 4.89. The maximum absolute atomic E-state index is 13.6. The number of hydrogen-bond donors (Lipinski definition) is 1. The lowest BCUT2D eigenvalue weighted by Gasteiger charge is -2.22. The summed E-state index contributed by atoms with van der Waals surface area (Å²) in [7, 11) is 1.87. The summed E-state index contributed by atoms with van der Waals surface area (Å²) in [4.78, 5) is 1.87. The van der Waals surface area contributed by atoms with Crippen molar-refractivity contribution in [2.24, 2.45) is 5.73 Å². The van der Waals surface area contributed by atoms with E-state index in [1.54, 1.807) is 6.07 Å². The van der Waals surface area contributed by atoms with Gasteiger partial charge in [0.05, 0.1) is 5.69 Å². The predicted molar refractivity (Wildman–Crippen MR) is 57.9 cm³/mol. The van der Waals surface area contributed by atoms with E-state index < -0.39 is 0 Å². The van der Waals surface area contributed by atoms with E-state index in [2.05, 4.69) is 0 Å². The zero-order valence-electron chi connectivity index (χ0n) is 8.92. The molecule has 0 saturated heterocycles. The molecule has 0 amide bonds. The van der Waals surface area contributed by atoms with Crippen LogP contribution in [0.5, 0.6) is 0 Å². The molecule has 0 aliphatic heterocycles. The second kappa shape index (κ2) is 4.42. The van der Waals surface area contributed by atoms with Gasteiger partial charge in [0.25, 0.3) is 0 Å². The first-order valence-corrected chi connectivity index (χ1v) is 4.83. The topological polar surface area (TPSA) is 29.3 Å². The highest BCUT2D eigenvalue weighted by molar-refractivity contribution is 5.55. The third-order valence-electron chi connectivity index (χ3n) is 2.36. The molecule has 0 aliphatic carbocycles. The first-order valence-electron chi connectivity index (χ1n) is 4.83. The normalized spacial score (nSPS) is 12.6. The predicted octanol–water partition coefficient (Wildman–Crippen LogP) is 2.30. The van der Waals surface area contributed by atoms with Crippen LogP contribution in [0, 0.1) is 5.82 Å². The van der Waals surface area contributed by atoms with Gasteiger partial charge in [-0.3, -0.25) is 0 Å². The van der Waals surface area contributed by atoms with E-state index in [0.29, 0.717) is 5.69 Å². The molecule has 0 bridgehead atoms. The minimum absolute atomic E-state index is 0.144. The lowest BCUT2D eigenvalue weighted by molar-refractivity contribution is 0.617. The van der Waals surface area contributed by atoms with Gasteiger partial charge in [0.2, 0.25) is 0 Å². The molecular formula is C11H17FN2. The fourth-order valence-electron chi connectivity index (χ4n) is 1.46. The van der Waals surface area contributed by atoms with Gasteiger partial charge in [0, 0.05) is 19.6 Å². The zero-order chi connectivity index (χ0) is 10.7. The van der Waals surface area contributed by atoms with Gasteiger partial charge in [-0.1, -0.05) is 12.1 Å². The Kier molecular flexibility index (Phi) is 3.47. The standard InChI is InChI=1S/C11H17FN2/c1-4-14(3)11-9(8(2)13)6-5-7-10(11)12/h5-8H,4,13H2,1-3H3/t8-/m0/s1. The minimum Gasteiger partial charge on any atom is -0.372 e. The van der Waals surface area contributed by atoms with Crippen LogP contribution in [0.3, 0.4) is 0 Å². The van der Waals surface area contributed by atoms with Crippen molar-refractivity contribution < 1.29 is 4.39 Å². The van der Waals surface area contributed by atoms with Crippen molar-refractivity contribution in [2.45, 2.75) is 19.9 Å². The monoisotopic (exact) mass is 196 g/mol. The number of para-hydroxylation sites is 1. The van der Waals surface area contributed by atoms with Gasteiger partial charge in [0.15, 0.2) is 0 Å². The number of benzene rings is 1. The van der Waals surface area contributed by atoms with Gasteiger partial charge in [0.1, 0.15) is 5.82 Å². The average molecular weight is 196 g/mol. The van der Waals surface area contributed by atoms with E-state index in [9.17, 15) is 4.39 Å². The molecule has 2 nitrogen and oxygen atoms in total. The van der Waals surface area contributed by atoms with Crippen molar-refractivity contribution in [2.75, 3.05) is 18.5 Å². The number of anilines is 1. The second-order valence-corrected chi connectivity index (χ2v) is 3.48. The van der Waals surface area contributed by atoms with Crippen LogP contribution >= 0.6 is 0 Å². The van der Waals surface area contributed by atoms with Crippen LogP contribution in [-0.2, 0) is 0 Å². The highest BCUT2D eigenvalue weighted by Crippen LogP contribution is 2.27. The number of halogens is 1. The van der Waals surface area contributed by atoms with Crippen LogP contribution in [0.2, 0.25) is 0 Å². The van der Waals surface area contributed by atoms with Crippen LogP contribution < -0.4 is 10.6 Å². The van der Waals surface area contributed by atoms with Crippen LogP contribution in [0.1, 0.15) is 25.5 Å². The van der Waals surface area contributed by atoms with Crippen molar-refractivity contribution in [3.8, 4) is 0 Å². The van der Waals surface area contributed by atoms with Gasteiger partial charge in [-0.05, 0) is 25.5 Å². The molecule has 1 atom stereocenters. The van der Waals surface area contributed by atoms with Gasteiger partial charge in [-0.2, -0.15) is 0 Å². The average Bonchev–Trinajstić information content (AvgIpc) is 2.16. The zero-order valence-corrected chi connectivity index (χ0v) is 8.92. The van der Waals surface area contributed by atoms with Crippen molar-refractivity contribution in [3.05, 3.63) is 29.6 Å². The summed E-state index contributed by atoms with van der Waals surface area (Å²) < 4.78 is 13.6. The molecule has 0 aromatic heterocycles. The summed E-state index contributed by atoms with van der Waals surface area (Å²) in [5, 5.41) is 0. The van der Waals surface area contributed by atoms with Gasteiger partial charge in [-0.25, -0.2) is 4.39 Å². The van der Waals surface area contributed by atoms with E-state index in [4.69, 9.17) is 5.73 Å². The molecule has 0 fully saturated rings. The lowest BCUT2D eigenvalue weighted by atomic mass is 10.1. The smallest absolute Gasteiger partial charge is 0.146 e. The Hall–Kier alpha value is -1.09. The summed E-state index contributed by atoms with van der Waals surface area (Å²) in [5.41, 5.74) is 7.25. The Balaban J connectivity index is 3.22. The fraction of sp³-hybridized carbons (Fsp3) is 0.455. The Bertz CT molecular complexity index is 310. The molecular weight excluding hydrogens is 179 g/mol. The molecule has 2 N–H and O–H groups in total. The third-order valence-corrected chi connectivity index (χ3v) is 2.36. The number of rotatable bonds is 3. The molecule has 1 aromatic rings. The van der Waals surface area contributed by atoms with Gasteiger partial charge < -0.3 is 10.6 Å². The molecule has 0 heterocycles. The number of hydrogen-bond acceptors (Lipinski definition) is 2. The lowest BCUT2D eigenvalue weighted by Crippen LogP contribution is -2.21. The minimum atomic E-state index is -0.204. The third kappa shape index (κ3) is 2.04. The Morgan fingerprint density at radius 1 is 1.50 bits per heavy atom. The molecule has 1 rings (SSSR count). The molecule has 0 aliphatic rings. The first kappa shape index (κ1) is 11.0. The van der Waals surface area contributed by atoms with Crippen LogP contribution in [0.15, 0.2) is 18.2 Å². The molecule has 1 aromatic carbocycles. The van der Waals surface area contributed by atoms with E-state index in [1.807, 2.05) is 31.9 Å². The number of nitrogens with zero attached hydrogens (tertiary/aromatic N) is 1. The molecule has 0 saturated carbocycles. The van der Waals surface area contributed by atoms with Crippen molar-refractivity contribution in [3.63, 3.8) is 0 Å². The van der Waals surface area contributed by atoms with Crippen LogP contribution in [0.25, 0.3) is 0 Å². The highest BCUT2D eigenvalue weighted by Gasteiger charge is 2.13. The molecule has 0 spiro atoms. The SMILES string of the molecule is CCN(C)c1c(F)cccc1[C@H](C)N. The first-order chi connectivity index (χ1) is 6.57. The quantitative estimate of drug-likeness (QED) is 0.803. The highest BCUT2D eigenvalue weighted by atomic mass is 19.1. The second-order valence-electron chi connectivity index (χ2n) is 3.48. The summed E-state index contributed by atoms with van der Waals surface area (Å²) in [6.45, 7) is 4.61. The summed E-state index contributed by atoms with van der Waals surface area (Å²) >= 11 is 0. The molecule has 0 unspecified atom stereocenters. The molecule has 78 valence electrons. The Morgan fingerprint density at radius 3 is 2.64 bits per heavy atom. The van der Waals surface area contributed by atoms with Crippen LogP contribution in [0.4, 0.5) is 10.1 Å². The van der Waals surface area contributed by atoms with Crippen molar-refractivity contribution >= 4 is 5.69 Å². The van der Waals surface area contributed by atoms with Gasteiger partial charge in [-0.15, -0.1) is 0 Å². The Morgan fingerprint density at radius 2 is 2.14 bits per heavy atom. The number of nitrogens with two attached hydrogens (primary N) is 1. The summed E-state index contributed by atoms with van der Waals surface area (Å²) in [6.07, 6.45) is 0. The van der Waals surface area contributed by atoms with Gasteiger partial charge >= 0.3 is 0 Å². The van der Waals surface area contributed by atoms with E-state index in [0.717, 1.165) is 12.1 Å². The maximum atomic E-state index is 13.6. The fourth-order valence-corrected chi connectivity index (χ4v) is 1.46. The molecule has 0 radical (unpaired) electrons. The Labute approximate surface area is 84.5 Å². The summed E-state index contributed by atoms with van der Waals surface area (Å²) in [5.74, 6) is -0.204. The van der Waals surface area contributed by atoms with Crippen LogP contribution in [-0.4, -0.2) is 13.6 Å². The largest absolute Gasteiger partial charge is 0.372 e. The van der Waals surface area contributed by atoms with Crippen molar-refractivity contribution in [1.29, 1.82) is 0 Å². The van der Waals surface area contributed by atoms with E-state index in [1.165, 1.54) is 6.07 Å². The molecule has 14 heavy (non-hydrogen) atoms. The maximum Gasteiger partial charge on any atom is 0.146 e. The van der Waals surface area contributed by atoms with E-state index >= 15 is 0 Å². The molecule has 3 heteroatoms. The van der Waals surface area contributed by atoms with Crippen molar-refractivity contribution in [1.82, 2.24) is 0 Å².